The minimum atomic E-state index is 0.0582. The average molecular weight is 351 g/mol. The largest absolute Gasteiger partial charge is 0.353 e. The molecule has 0 aliphatic carbocycles. The topological polar surface area (TPSA) is 36.9 Å². The summed E-state index contributed by atoms with van der Waals surface area (Å²) in [5.74, 6) is 4.48. The lowest BCUT2D eigenvalue weighted by Crippen LogP contribution is -2.23. The summed E-state index contributed by atoms with van der Waals surface area (Å²) in [5, 5.41) is 0. The highest BCUT2D eigenvalue weighted by atomic mass is 32.2. The fourth-order valence-electron chi connectivity index (χ4n) is 2.48. The Morgan fingerprint density at radius 2 is 1.18 bits per heavy atom. The van der Waals surface area contributed by atoms with Gasteiger partial charge < -0.3 is 18.9 Å². The van der Waals surface area contributed by atoms with Gasteiger partial charge in [0.15, 0.2) is 12.6 Å². The van der Waals surface area contributed by atoms with Gasteiger partial charge in [0.1, 0.15) is 0 Å². The quantitative estimate of drug-likeness (QED) is 0.531. The van der Waals surface area contributed by atoms with Gasteiger partial charge in [-0.2, -0.15) is 23.5 Å². The molecule has 2 aliphatic heterocycles. The Hall–Kier alpha value is 0.540. The molecule has 2 fully saturated rings. The number of rotatable bonds is 11. The molecular formula is C16H30O4S2. The summed E-state index contributed by atoms with van der Waals surface area (Å²) in [5.41, 5.74) is 0. The molecule has 2 rings (SSSR count). The zero-order valence-corrected chi connectivity index (χ0v) is 15.1. The summed E-state index contributed by atoms with van der Waals surface area (Å²) in [7, 11) is 0. The van der Waals surface area contributed by atoms with E-state index in [1.165, 1.54) is 37.2 Å². The third-order valence-electron chi connectivity index (χ3n) is 3.71. The number of ether oxygens (including phenoxy) is 4. The third kappa shape index (κ3) is 8.99. The Balaban J connectivity index is 1.28. The summed E-state index contributed by atoms with van der Waals surface area (Å²) in [4.78, 5) is 0. The van der Waals surface area contributed by atoms with Gasteiger partial charge in [-0.25, -0.2) is 0 Å². The van der Waals surface area contributed by atoms with Gasteiger partial charge in [-0.05, 0) is 38.5 Å². The first kappa shape index (κ1) is 18.9. The first-order valence-electron chi connectivity index (χ1n) is 8.57. The van der Waals surface area contributed by atoms with Crippen LogP contribution >= 0.6 is 23.5 Å². The van der Waals surface area contributed by atoms with E-state index >= 15 is 0 Å². The van der Waals surface area contributed by atoms with Crippen LogP contribution in [0.4, 0.5) is 0 Å². The molecule has 0 amide bonds. The van der Waals surface area contributed by atoms with Gasteiger partial charge in [0.2, 0.25) is 0 Å². The van der Waals surface area contributed by atoms with Crippen LogP contribution < -0.4 is 0 Å². The van der Waals surface area contributed by atoms with Gasteiger partial charge in [-0.3, -0.25) is 0 Å². The molecule has 0 aromatic heterocycles. The lowest BCUT2D eigenvalue weighted by molar-refractivity contribution is -0.158. The van der Waals surface area contributed by atoms with Crippen molar-refractivity contribution in [3.05, 3.63) is 0 Å². The summed E-state index contributed by atoms with van der Waals surface area (Å²) in [6, 6.07) is 0. The predicted molar refractivity (Wildman–Crippen MR) is 93.7 cm³/mol. The molecule has 6 heteroatoms. The van der Waals surface area contributed by atoms with Crippen molar-refractivity contribution in [1.29, 1.82) is 0 Å². The zero-order valence-electron chi connectivity index (χ0n) is 13.5. The van der Waals surface area contributed by atoms with Crippen LogP contribution in [-0.2, 0) is 18.9 Å². The lowest BCUT2D eigenvalue weighted by atomic mass is 10.2. The molecule has 0 aromatic rings. The van der Waals surface area contributed by atoms with Crippen LogP contribution in [0.3, 0.4) is 0 Å². The van der Waals surface area contributed by atoms with E-state index in [1.807, 2.05) is 23.5 Å². The van der Waals surface area contributed by atoms with Crippen molar-refractivity contribution in [3.8, 4) is 0 Å². The highest BCUT2D eigenvalue weighted by Crippen LogP contribution is 2.15. The van der Waals surface area contributed by atoms with Crippen molar-refractivity contribution < 1.29 is 18.9 Å². The molecule has 2 atom stereocenters. The van der Waals surface area contributed by atoms with Crippen molar-refractivity contribution in [2.45, 2.75) is 51.1 Å². The molecular weight excluding hydrogens is 320 g/mol. The summed E-state index contributed by atoms with van der Waals surface area (Å²) >= 11 is 3.92. The molecule has 0 radical (unpaired) electrons. The molecule has 130 valence electrons. The Kier molecular flexibility index (Phi) is 11.1. The second-order valence-corrected chi connectivity index (χ2v) is 8.01. The maximum Gasteiger partial charge on any atom is 0.157 e. The van der Waals surface area contributed by atoms with E-state index in [0.717, 1.165) is 50.8 Å². The Labute approximate surface area is 143 Å². The van der Waals surface area contributed by atoms with E-state index in [2.05, 4.69) is 0 Å². The Morgan fingerprint density at radius 3 is 1.59 bits per heavy atom. The highest BCUT2D eigenvalue weighted by Gasteiger charge is 2.14. The second kappa shape index (κ2) is 12.9. The van der Waals surface area contributed by atoms with E-state index < -0.39 is 0 Å². The molecule has 22 heavy (non-hydrogen) atoms. The predicted octanol–water partition coefficient (Wildman–Crippen LogP) is 3.54. The Morgan fingerprint density at radius 1 is 0.682 bits per heavy atom. The highest BCUT2D eigenvalue weighted by molar-refractivity contribution is 8.02. The van der Waals surface area contributed by atoms with Crippen molar-refractivity contribution in [3.63, 3.8) is 0 Å². The van der Waals surface area contributed by atoms with Gasteiger partial charge in [0.05, 0.1) is 13.2 Å². The van der Waals surface area contributed by atoms with Gasteiger partial charge in [-0.1, -0.05) is 0 Å². The van der Waals surface area contributed by atoms with Crippen LogP contribution in [0.5, 0.6) is 0 Å². The molecule has 2 unspecified atom stereocenters. The molecule has 0 N–H and O–H groups in total. The number of hydrogen-bond acceptors (Lipinski definition) is 6. The lowest BCUT2D eigenvalue weighted by Gasteiger charge is -2.22. The zero-order chi connectivity index (χ0) is 15.3. The maximum absolute atomic E-state index is 5.71. The summed E-state index contributed by atoms with van der Waals surface area (Å²) in [6.45, 7) is 3.34. The van der Waals surface area contributed by atoms with Crippen LogP contribution in [0.25, 0.3) is 0 Å². The van der Waals surface area contributed by atoms with Gasteiger partial charge in [0, 0.05) is 36.2 Å². The standard InChI is InChI=1S/C16H30O4S2/c1-3-7-17-15(5-1)19-9-11-21-13-14-22-12-10-20-16-6-2-4-8-18-16/h15-16H,1-14H2. The molecule has 2 aliphatic rings. The number of hydrogen-bond donors (Lipinski definition) is 0. The second-order valence-electron chi connectivity index (χ2n) is 5.56. The van der Waals surface area contributed by atoms with Crippen LogP contribution in [0, 0.1) is 0 Å². The molecule has 0 saturated carbocycles. The molecule has 2 heterocycles. The molecule has 0 aromatic carbocycles. The van der Waals surface area contributed by atoms with E-state index in [9.17, 15) is 0 Å². The fraction of sp³-hybridized carbons (Fsp3) is 1.00. The first-order chi connectivity index (χ1) is 10.9. The van der Waals surface area contributed by atoms with Gasteiger partial charge in [-0.15, -0.1) is 0 Å². The monoisotopic (exact) mass is 350 g/mol. The number of thioether (sulfide) groups is 2. The van der Waals surface area contributed by atoms with E-state index in [0.29, 0.717) is 0 Å². The average Bonchev–Trinajstić information content (AvgIpc) is 2.58. The first-order valence-corrected chi connectivity index (χ1v) is 10.9. The normalized spacial score (nSPS) is 26.2. The minimum absolute atomic E-state index is 0.0582. The fourth-order valence-corrected chi connectivity index (χ4v) is 4.26. The maximum atomic E-state index is 5.71. The SMILES string of the molecule is C1CCC(OCCSCCSCCOC2CCCCO2)OC1. The van der Waals surface area contributed by atoms with E-state index in [1.54, 1.807) is 0 Å². The van der Waals surface area contributed by atoms with Crippen LogP contribution in [0.15, 0.2) is 0 Å². The smallest absolute Gasteiger partial charge is 0.157 e. The van der Waals surface area contributed by atoms with Gasteiger partial charge >= 0.3 is 0 Å². The molecule has 4 nitrogen and oxygen atoms in total. The molecule has 0 bridgehead atoms. The Bertz CT molecular complexity index is 231. The summed E-state index contributed by atoms with van der Waals surface area (Å²) in [6.07, 6.45) is 7.08. The molecule has 0 spiro atoms. The summed E-state index contributed by atoms with van der Waals surface area (Å²) < 4.78 is 22.5. The van der Waals surface area contributed by atoms with Crippen LogP contribution in [0.1, 0.15) is 38.5 Å². The van der Waals surface area contributed by atoms with Gasteiger partial charge in [0.25, 0.3) is 0 Å². The van der Waals surface area contributed by atoms with Crippen LogP contribution in [-0.4, -0.2) is 62.0 Å². The molecule has 2 saturated heterocycles. The van der Waals surface area contributed by atoms with Crippen molar-refractivity contribution in [2.75, 3.05) is 49.4 Å². The van der Waals surface area contributed by atoms with E-state index in [4.69, 9.17) is 18.9 Å². The van der Waals surface area contributed by atoms with Crippen molar-refractivity contribution in [1.82, 2.24) is 0 Å². The van der Waals surface area contributed by atoms with Crippen LogP contribution in [0.2, 0.25) is 0 Å². The van der Waals surface area contributed by atoms with Crippen molar-refractivity contribution >= 4 is 23.5 Å². The van der Waals surface area contributed by atoms with E-state index in [-0.39, 0.29) is 12.6 Å². The van der Waals surface area contributed by atoms with Crippen molar-refractivity contribution in [2.24, 2.45) is 0 Å². The minimum Gasteiger partial charge on any atom is -0.353 e. The third-order valence-corrected chi connectivity index (χ3v) is 5.87.